The summed E-state index contributed by atoms with van der Waals surface area (Å²) in [7, 11) is 0. The maximum absolute atomic E-state index is 12.8. The van der Waals surface area contributed by atoms with Gasteiger partial charge in [-0.1, -0.05) is 48.2 Å². The van der Waals surface area contributed by atoms with Crippen molar-refractivity contribution in [3.63, 3.8) is 0 Å². The van der Waals surface area contributed by atoms with Gasteiger partial charge in [-0.3, -0.25) is 9.59 Å². The van der Waals surface area contributed by atoms with Crippen LogP contribution in [0.5, 0.6) is 0 Å². The number of carbonyl (C=O) groups excluding carboxylic acids is 2. The molecule has 0 saturated carbocycles. The van der Waals surface area contributed by atoms with E-state index in [1.165, 1.54) is 11.8 Å². The number of para-hydroxylation sites is 1. The summed E-state index contributed by atoms with van der Waals surface area (Å²) >= 11 is 1.36. The minimum atomic E-state index is -0.350. The van der Waals surface area contributed by atoms with Crippen molar-refractivity contribution < 1.29 is 9.59 Å². The molecule has 3 rings (SSSR count). The van der Waals surface area contributed by atoms with Crippen LogP contribution in [0, 0.1) is 0 Å². The molecule has 0 saturated heterocycles. The summed E-state index contributed by atoms with van der Waals surface area (Å²) in [6.07, 6.45) is 3.50. The molecule has 0 unspecified atom stereocenters. The molecular weight excluding hydrogens is 334 g/mol. The number of amidine groups is 1. The number of thioether (sulfide) groups is 1. The molecule has 2 amide bonds. The third-order valence-electron chi connectivity index (χ3n) is 3.70. The van der Waals surface area contributed by atoms with E-state index in [2.05, 4.69) is 11.6 Å². The van der Waals surface area contributed by atoms with Crippen molar-refractivity contribution in [2.75, 3.05) is 12.8 Å². The summed E-state index contributed by atoms with van der Waals surface area (Å²) in [4.78, 5) is 30.1. The van der Waals surface area contributed by atoms with Crippen LogP contribution < -0.4 is 0 Å². The molecule has 5 nitrogen and oxygen atoms in total. The number of hydrazine groups is 1. The van der Waals surface area contributed by atoms with Gasteiger partial charge in [0.1, 0.15) is 0 Å². The van der Waals surface area contributed by atoms with Gasteiger partial charge in [0.15, 0.2) is 5.17 Å². The molecule has 2 aromatic carbocycles. The average molecular weight is 351 g/mol. The first kappa shape index (κ1) is 17.0. The Morgan fingerprint density at radius 1 is 1.08 bits per heavy atom. The maximum Gasteiger partial charge on any atom is 0.280 e. The van der Waals surface area contributed by atoms with Gasteiger partial charge in [0.2, 0.25) is 0 Å². The number of rotatable bonds is 4. The Kier molecular flexibility index (Phi) is 5.00. The first-order valence-corrected chi connectivity index (χ1v) is 8.93. The standard InChI is InChI=1S/C19H17N3O2S/c1-3-13-21(19(25-2)20-14-9-5-4-6-10-14)22-17(23)15-11-7-8-12-16(15)18(22)24/h3-12H,1,13H2,2H3. The lowest BCUT2D eigenvalue weighted by Gasteiger charge is -2.30. The molecule has 0 aromatic heterocycles. The normalized spacial score (nSPS) is 13.8. The average Bonchev–Trinajstić information content (AvgIpc) is 2.90. The van der Waals surface area contributed by atoms with Gasteiger partial charge in [-0.15, -0.1) is 6.58 Å². The van der Waals surface area contributed by atoms with Crippen molar-refractivity contribution in [3.05, 3.63) is 78.4 Å². The Hall–Kier alpha value is -2.86. The van der Waals surface area contributed by atoms with Crippen molar-refractivity contribution in [2.45, 2.75) is 0 Å². The molecule has 1 aliphatic rings. The molecule has 1 heterocycles. The minimum Gasteiger partial charge on any atom is -0.267 e. The Labute approximate surface area is 150 Å². The molecule has 0 fully saturated rings. The summed E-state index contributed by atoms with van der Waals surface area (Å²) < 4.78 is 0. The number of amides is 2. The van der Waals surface area contributed by atoms with E-state index in [9.17, 15) is 9.59 Å². The number of benzene rings is 2. The van der Waals surface area contributed by atoms with Crippen LogP contribution >= 0.6 is 11.8 Å². The zero-order valence-corrected chi connectivity index (χ0v) is 14.6. The van der Waals surface area contributed by atoms with Crippen molar-refractivity contribution in [1.29, 1.82) is 0 Å². The van der Waals surface area contributed by atoms with Gasteiger partial charge in [-0.25, -0.2) is 10.0 Å². The van der Waals surface area contributed by atoms with Gasteiger partial charge < -0.3 is 0 Å². The Balaban J connectivity index is 2.02. The van der Waals surface area contributed by atoms with Crippen LogP contribution in [-0.2, 0) is 0 Å². The van der Waals surface area contributed by atoms with Gasteiger partial charge in [0.25, 0.3) is 11.8 Å². The third-order valence-corrected chi connectivity index (χ3v) is 4.37. The minimum absolute atomic E-state index is 0.290. The lowest BCUT2D eigenvalue weighted by atomic mass is 10.1. The number of nitrogens with zero attached hydrogens (tertiary/aromatic N) is 3. The lowest BCUT2D eigenvalue weighted by Crippen LogP contribution is -2.48. The zero-order chi connectivity index (χ0) is 17.8. The number of hydrogen-bond donors (Lipinski definition) is 0. The monoisotopic (exact) mass is 351 g/mol. The first-order chi connectivity index (χ1) is 12.2. The van der Waals surface area contributed by atoms with E-state index >= 15 is 0 Å². The van der Waals surface area contributed by atoms with E-state index in [1.807, 2.05) is 36.6 Å². The van der Waals surface area contributed by atoms with Crippen LogP contribution in [-0.4, -0.2) is 39.8 Å². The SMILES string of the molecule is C=CCN(C(=Nc1ccccc1)SC)N1C(=O)c2ccccc2C1=O. The second kappa shape index (κ2) is 7.36. The van der Waals surface area contributed by atoms with Gasteiger partial charge in [-0.05, 0) is 30.5 Å². The van der Waals surface area contributed by atoms with Gasteiger partial charge >= 0.3 is 0 Å². The van der Waals surface area contributed by atoms with Gasteiger partial charge in [0, 0.05) is 0 Å². The Bertz CT molecular complexity index is 814. The fourth-order valence-corrected chi connectivity index (χ4v) is 3.15. The number of aliphatic imine (C=N–C) groups is 1. The van der Waals surface area contributed by atoms with Gasteiger partial charge in [0.05, 0.1) is 23.4 Å². The molecule has 1 aliphatic heterocycles. The molecule has 126 valence electrons. The predicted octanol–water partition coefficient (Wildman–Crippen LogP) is 3.74. The molecule has 2 aromatic rings. The number of hydrogen-bond acceptors (Lipinski definition) is 4. The molecule has 0 radical (unpaired) electrons. The molecule has 0 aliphatic carbocycles. The predicted molar refractivity (Wildman–Crippen MR) is 101 cm³/mol. The van der Waals surface area contributed by atoms with Crippen LogP contribution in [0.2, 0.25) is 0 Å². The highest BCUT2D eigenvalue weighted by Gasteiger charge is 2.40. The number of carbonyl (C=O) groups is 2. The summed E-state index contributed by atoms with van der Waals surface area (Å²) in [5, 5.41) is 3.25. The summed E-state index contributed by atoms with van der Waals surface area (Å²) in [5.41, 5.74) is 1.56. The molecule has 0 spiro atoms. The summed E-state index contributed by atoms with van der Waals surface area (Å²) in [5.74, 6) is -0.700. The highest BCUT2D eigenvalue weighted by Crippen LogP contribution is 2.26. The van der Waals surface area contributed by atoms with E-state index in [4.69, 9.17) is 0 Å². The summed E-state index contributed by atoms with van der Waals surface area (Å²) in [6.45, 7) is 4.03. The van der Waals surface area contributed by atoms with Gasteiger partial charge in [-0.2, -0.15) is 5.01 Å². The molecule has 25 heavy (non-hydrogen) atoms. The van der Waals surface area contributed by atoms with Crippen LogP contribution in [0.25, 0.3) is 0 Å². The van der Waals surface area contributed by atoms with Crippen molar-refractivity contribution in [3.8, 4) is 0 Å². The van der Waals surface area contributed by atoms with E-state index in [0.717, 1.165) is 10.7 Å². The molecule has 6 heteroatoms. The zero-order valence-electron chi connectivity index (χ0n) is 13.8. The quantitative estimate of drug-likeness (QED) is 0.364. The second-order valence-corrected chi connectivity index (χ2v) is 6.05. The van der Waals surface area contributed by atoms with Crippen molar-refractivity contribution >= 4 is 34.4 Å². The third kappa shape index (κ3) is 3.21. The highest BCUT2D eigenvalue weighted by molar-refractivity contribution is 8.13. The van der Waals surface area contributed by atoms with Crippen molar-refractivity contribution in [2.24, 2.45) is 4.99 Å². The van der Waals surface area contributed by atoms with E-state index in [0.29, 0.717) is 16.3 Å². The molecule has 0 N–H and O–H groups in total. The van der Waals surface area contributed by atoms with E-state index in [-0.39, 0.29) is 18.4 Å². The van der Waals surface area contributed by atoms with Crippen LogP contribution in [0.4, 0.5) is 5.69 Å². The largest absolute Gasteiger partial charge is 0.280 e. The fraction of sp³-hybridized carbons (Fsp3) is 0.105. The maximum atomic E-state index is 12.8. The van der Waals surface area contributed by atoms with E-state index in [1.54, 1.807) is 35.4 Å². The van der Waals surface area contributed by atoms with Crippen LogP contribution in [0.15, 0.2) is 72.2 Å². The second-order valence-electron chi connectivity index (χ2n) is 5.27. The smallest absolute Gasteiger partial charge is 0.267 e. The molecular formula is C19H17N3O2S. The Morgan fingerprint density at radius 3 is 2.16 bits per heavy atom. The topological polar surface area (TPSA) is 53.0 Å². The highest BCUT2D eigenvalue weighted by atomic mass is 32.2. The van der Waals surface area contributed by atoms with E-state index < -0.39 is 0 Å². The van der Waals surface area contributed by atoms with Crippen LogP contribution in [0.1, 0.15) is 20.7 Å². The lowest BCUT2D eigenvalue weighted by molar-refractivity contribution is 0.0333. The van der Waals surface area contributed by atoms with Crippen molar-refractivity contribution in [1.82, 2.24) is 10.0 Å². The fourth-order valence-electron chi connectivity index (χ4n) is 2.59. The first-order valence-electron chi connectivity index (χ1n) is 7.71. The summed E-state index contributed by atoms with van der Waals surface area (Å²) in [6, 6.07) is 16.2. The molecule has 0 bridgehead atoms. The Morgan fingerprint density at radius 2 is 1.64 bits per heavy atom. The number of fused-ring (bicyclic) bond motifs is 1. The van der Waals surface area contributed by atoms with Crippen LogP contribution in [0.3, 0.4) is 0 Å². The number of imide groups is 1. The molecule has 0 atom stereocenters.